The Kier molecular flexibility index (Phi) is 5.44. The van der Waals surface area contributed by atoms with Crippen LogP contribution in [-0.2, 0) is 21.9 Å². The van der Waals surface area contributed by atoms with Crippen LogP contribution in [0.3, 0.4) is 0 Å². The number of anilines is 2. The zero-order chi connectivity index (χ0) is 22.3. The number of sulfonamides is 1. The van der Waals surface area contributed by atoms with Gasteiger partial charge in [0.2, 0.25) is 0 Å². The maximum absolute atomic E-state index is 13.1. The number of fused-ring (bicyclic) bond motifs is 1. The van der Waals surface area contributed by atoms with Gasteiger partial charge in [-0.15, -0.1) is 4.91 Å². The lowest BCUT2D eigenvalue weighted by Gasteiger charge is -2.22. The van der Waals surface area contributed by atoms with E-state index in [1.54, 1.807) is 26.1 Å². The molecule has 2 aromatic carbocycles. The summed E-state index contributed by atoms with van der Waals surface area (Å²) >= 11 is 6.16. The summed E-state index contributed by atoms with van der Waals surface area (Å²) in [6.07, 6.45) is 0.548. The van der Waals surface area contributed by atoms with Gasteiger partial charge < -0.3 is 4.90 Å². The molecule has 0 aliphatic carbocycles. The zero-order valence-electron chi connectivity index (χ0n) is 16.9. The topological polar surface area (TPSA) is 114 Å². The van der Waals surface area contributed by atoms with Crippen LogP contribution in [0.5, 0.6) is 0 Å². The van der Waals surface area contributed by atoms with E-state index in [9.17, 15) is 18.1 Å². The molecule has 11 heteroatoms. The van der Waals surface area contributed by atoms with E-state index in [4.69, 9.17) is 11.6 Å². The molecule has 3 aromatic rings. The van der Waals surface area contributed by atoms with Crippen molar-refractivity contribution in [3.8, 4) is 0 Å². The Bertz CT molecular complexity index is 1300. The van der Waals surface area contributed by atoms with Gasteiger partial charge in [0.25, 0.3) is 15.9 Å². The molecular weight excluding hydrogens is 442 g/mol. The molecule has 162 valence electrons. The van der Waals surface area contributed by atoms with Gasteiger partial charge in [-0.1, -0.05) is 35.9 Å². The highest BCUT2D eigenvalue weighted by Gasteiger charge is 2.30. The summed E-state index contributed by atoms with van der Waals surface area (Å²) in [7, 11) is -2.40. The van der Waals surface area contributed by atoms with Crippen LogP contribution >= 0.6 is 11.6 Å². The number of nitroso groups, excluding NO2 is 1. The van der Waals surface area contributed by atoms with Gasteiger partial charge in [0, 0.05) is 41.8 Å². The molecule has 2 heterocycles. The van der Waals surface area contributed by atoms with Crippen molar-refractivity contribution < 1.29 is 13.2 Å². The number of nitrogens with zero attached hydrogens (tertiary/aromatic N) is 4. The van der Waals surface area contributed by atoms with Crippen molar-refractivity contribution in [2.24, 2.45) is 18.1 Å². The summed E-state index contributed by atoms with van der Waals surface area (Å²) in [5.74, 6) is -1.06. The van der Waals surface area contributed by atoms with Crippen LogP contribution in [0.25, 0.3) is 10.8 Å². The van der Waals surface area contributed by atoms with Crippen molar-refractivity contribution in [3.63, 3.8) is 0 Å². The third kappa shape index (κ3) is 3.77. The van der Waals surface area contributed by atoms with Crippen molar-refractivity contribution in [1.82, 2.24) is 9.78 Å². The van der Waals surface area contributed by atoms with Crippen molar-refractivity contribution in [3.05, 3.63) is 52.2 Å². The van der Waals surface area contributed by atoms with E-state index < -0.39 is 21.8 Å². The molecule has 0 spiro atoms. The van der Waals surface area contributed by atoms with Crippen molar-refractivity contribution >= 4 is 49.7 Å². The molecule has 1 aliphatic rings. The Balaban J connectivity index is 1.72. The summed E-state index contributed by atoms with van der Waals surface area (Å²) in [6.45, 7) is 2.58. The van der Waals surface area contributed by atoms with Gasteiger partial charge in [0.05, 0.1) is 17.3 Å². The number of amides is 1. The number of benzene rings is 2. The van der Waals surface area contributed by atoms with E-state index in [0.29, 0.717) is 36.3 Å². The van der Waals surface area contributed by atoms with Gasteiger partial charge in [0.15, 0.2) is 0 Å². The van der Waals surface area contributed by atoms with E-state index in [0.717, 1.165) is 11.1 Å². The number of carbonyl (C=O) groups excluding carboxylic acids is 1. The minimum absolute atomic E-state index is 0.0301. The van der Waals surface area contributed by atoms with Crippen molar-refractivity contribution in [2.45, 2.75) is 18.2 Å². The van der Waals surface area contributed by atoms with Gasteiger partial charge in [-0.25, -0.2) is 8.42 Å². The third-order valence-corrected chi connectivity index (χ3v) is 7.54. The number of aromatic nitrogens is 2. The first kappa shape index (κ1) is 21.3. The molecule has 1 atom stereocenters. The third-order valence-electron chi connectivity index (χ3n) is 5.48. The van der Waals surface area contributed by atoms with Gasteiger partial charge in [-0.05, 0) is 25.5 Å². The lowest BCUT2D eigenvalue weighted by atomic mass is 10.1. The fourth-order valence-electron chi connectivity index (χ4n) is 4.01. The van der Waals surface area contributed by atoms with Crippen LogP contribution in [0.4, 0.5) is 11.4 Å². The number of halogens is 1. The molecule has 0 bridgehead atoms. The van der Waals surface area contributed by atoms with Crippen LogP contribution in [0.2, 0.25) is 5.15 Å². The van der Waals surface area contributed by atoms with E-state index in [2.05, 4.69) is 15.0 Å². The molecule has 31 heavy (non-hydrogen) atoms. The SMILES string of the molecule is Cc1nn(C)c(Cl)c1S(=O)(=O)Nc1ccc(N2CCC(C(=O)N=O)C2)c2ccccc12. The maximum Gasteiger partial charge on any atom is 0.291 e. The molecule has 0 saturated carbocycles. The normalized spacial score (nSPS) is 16.6. The van der Waals surface area contributed by atoms with E-state index in [1.165, 1.54) is 4.68 Å². The van der Waals surface area contributed by atoms with E-state index >= 15 is 0 Å². The quantitative estimate of drug-likeness (QED) is 0.582. The lowest BCUT2D eigenvalue weighted by Crippen LogP contribution is -2.22. The number of aryl methyl sites for hydroxylation is 2. The van der Waals surface area contributed by atoms with Crippen LogP contribution < -0.4 is 9.62 Å². The Hall–Kier alpha value is -2.98. The Labute approximate surface area is 184 Å². The molecular formula is C20H20ClN5O4S. The number of hydrogen-bond donors (Lipinski definition) is 1. The maximum atomic E-state index is 13.1. The molecule has 1 N–H and O–H groups in total. The fourth-order valence-corrected chi connectivity index (χ4v) is 5.85. The van der Waals surface area contributed by atoms with Gasteiger partial charge in [-0.3, -0.25) is 14.2 Å². The summed E-state index contributed by atoms with van der Waals surface area (Å²) in [4.78, 5) is 24.2. The molecule has 1 aromatic heterocycles. The van der Waals surface area contributed by atoms with E-state index in [-0.39, 0.29) is 10.0 Å². The smallest absolute Gasteiger partial charge is 0.291 e. The summed E-state index contributed by atoms with van der Waals surface area (Å²) in [5.41, 5.74) is 1.56. The molecule has 1 fully saturated rings. The van der Waals surface area contributed by atoms with Crippen LogP contribution in [0.1, 0.15) is 12.1 Å². The monoisotopic (exact) mass is 461 g/mol. The first-order chi connectivity index (χ1) is 14.7. The second-order valence-corrected chi connectivity index (χ2v) is 9.45. The zero-order valence-corrected chi connectivity index (χ0v) is 18.4. The minimum atomic E-state index is -3.97. The average molecular weight is 462 g/mol. The molecule has 9 nitrogen and oxygen atoms in total. The number of hydrogen-bond acceptors (Lipinski definition) is 6. The summed E-state index contributed by atoms with van der Waals surface area (Å²) < 4.78 is 30.1. The molecule has 1 unspecified atom stereocenters. The molecule has 4 rings (SSSR count). The highest BCUT2D eigenvalue weighted by molar-refractivity contribution is 7.93. The number of carbonyl (C=O) groups is 1. The van der Waals surface area contributed by atoms with Gasteiger partial charge >= 0.3 is 0 Å². The second kappa shape index (κ2) is 7.93. The van der Waals surface area contributed by atoms with Crippen molar-refractivity contribution in [2.75, 3.05) is 22.7 Å². The van der Waals surface area contributed by atoms with Gasteiger partial charge in [-0.2, -0.15) is 5.10 Å². The molecule has 1 saturated heterocycles. The van der Waals surface area contributed by atoms with Crippen LogP contribution in [0, 0.1) is 17.7 Å². The Morgan fingerprint density at radius 3 is 2.58 bits per heavy atom. The van der Waals surface area contributed by atoms with Gasteiger partial charge in [0.1, 0.15) is 10.0 Å². The predicted octanol–water partition coefficient (Wildman–Crippen LogP) is 3.46. The molecule has 1 aliphatic heterocycles. The largest absolute Gasteiger partial charge is 0.370 e. The standard InChI is InChI=1S/C20H20ClN5O4S/c1-12-18(19(21)25(2)22-12)31(29,30)24-16-7-8-17(15-6-4-3-5-14(15)16)26-10-9-13(11-26)20(27)23-28/h3-8,13,24H,9-11H2,1-2H3. The summed E-state index contributed by atoms with van der Waals surface area (Å²) in [6, 6.07) is 10.9. The molecule has 0 radical (unpaired) electrons. The first-order valence-electron chi connectivity index (χ1n) is 9.58. The Morgan fingerprint density at radius 1 is 1.23 bits per heavy atom. The minimum Gasteiger partial charge on any atom is -0.370 e. The lowest BCUT2D eigenvalue weighted by molar-refractivity contribution is -0.121. The van der Waals surface area contributed by atoms with Crippen LogP contribution in [0.15, 0.2) is 46.5 Å². The average Bonchev–Trinajstić information content (AvgIpc) is 3.32. The van der Waals surface area contributed by atoms with Crippen LogP contribution in [-0.4, -0.2) is 37.2 Å². The van der Waals surface area contributed by atoms with Crippen molar-refractivity contribution in [1.29, 1.82) is 0 Å². The summed E-state index contributed by atoms with van der Waals surface area (Å²) in [5, 5.41) is 8.18. The number of rotatable bonds is 5. The Morgan fingerprint density at radius 2 is 1.94 bits per heavy atom. The fraction of sp³-hybridized carbons (Fsp3) is 0.300. The highest BCUT2D eigenvalue weighted by atomic mass is 35.5. The molecule has 1 amide bonds. The van der Waals surface area contributed by atoms with E-state index in [1.807, 2.05) is 29.2 Å². The predicted molar refractivity (Wildman–Crippen MR) is 119 cm³/mol. The highest BCUT2D eigenvalue weighted by Crippen LogP contribution is 2.36. The second-order valence-electron chi connectivity index (χ2n) is 7.47. The first-order valence-corrected chi connectivity index (χ1v) is 11.4. The number of nitrogens with one attached hydrogen (secondary N) is 1.